The highest BCUT2D eigenvalue weighted by Crippen LogP contribution is 2.21. The summed E-state index contributed by atoms with van der Waals surface area (Å²) >= 11 is 0. The lowest BCUT2D eigenvalue weighted by Crippen LogP contribution is -2.25. The summed E-state index contributed by atoms with van der Waals surface area (Å²) in [7, 11) is -4.00. The molecule has 0 saturated heterocycles. The molecule has 0 aliphatic heterocycles. The molecule has 0 atom stereocenters. The van der Waals surface area contributed by atoms with Gasteiger partial charge in [0, 0.05) is 0 Å². The molecule has 0 amide bonds. The summed E-state index contributed by atoms with van der Waals surface area (Å²) in [5.74, 6) is -0.744. The summed E-state index contributed by atoms with van der Waals surface area (Å²) in [6.07, 6.45) is 0. The van der Waals surface area contributed by atoms with Gasteiger partial charge in [0.25, 0.3) is 9.84 Å². The van der Waals surface area contributed by atoms with Crippen molar-refractivity contribution in [2.75, 3.05) is 0 Å². The van der Waals surface area contributed by atoms with Crippen LogP contribution in [-0.2, 0) is 14.6 Å². The lowest BCUT2D eigenvalue weighted by atomic mass is 10.1. The average Bonchev–Trinajstić information content (AvgIpc) is 2.26. The first-order valence-corrected chi connectivity index (χ1v) is 7.38. The van der Waals surface area contributed by atoms with Gasteiger partial charge in [0.05, 0.1) is 10.5 Å². The third-order valence-corrected chi connectivity index (χ3v) is 3.59. The van der Waals surface area contributed by atoms with Crippen LogP contribution in [0.2, 0.25) is 0 Å². The largest absolute Gasteiger partial charge is 0.456 e. The van der Waals surface area contributed by atoms with Gasteiger partial charge >= 0.3 is 11.5 Å². The van der Waals surface area contributed by atoms with Gasteiger partial charge in [-0.15, -0.1) is 0 Å². The topological polar surface area (TPSA) is 96.8 Å². The number of carbonyl (C=O) groups excluding carboxylic acids is 1. The first-order chi connectivity index (χ1) is 9.07. The quantitative estimate of drug-likeness (QED) is 0.280. The predicted molar refractivity (Wildman–Crippen MR) is 73.2 cm³/mol. The van der Waals surface area contributed by atoms with Crippen LogP contribution in [0.25, 0.3) is 5.53 Å². The number of sulfone groups is 1. The Balaban J connectivity index is 3.43. The summed E-state index contributed by atoms with van der Waals surface area (Å²) in [6, 6.07) is 4.25. The molecule has 20 heavy (non-hydrogen) atoms. The van der Waals surface area contributed by atoms with Crippen molar-refractivity contribution < 1.29 is 22.7 Å². The number of hydrogen-bond acceptors (Lipinski definition) is 4. The number of ether oxygens (including phenoxy) is 1. The van der Waals surface area contributed by atoms with E-state index in [4.69, 9.17) is 10.3 Å². The number of nitrogens with zero attached hydrogens (tertiary/aromatic N) is 2. The Morgan fingerprint density at radius 2 is 1.95 bits per heavy atom. The van der Waals surface area contributed by atoms with Crippen molar-refractivity contribution in [1.29, 1.82) is 0 Å². The van der Waals surface area contributed by atoms with E-state index in [1.165, 1.54) is 12.1 Å². The Morgan fingerprint density at radius 3 is 2.45 bits per heavy atom. The second kappa shape index (κ2) is 5.56. The lowest BCUT2D eigenvalue weighted by Gasteiger charge is -2.20. The van der Waals surface area contributed by atoms with Gasteiger partial charge in [0.1, 0.15) is 5.60 Å². The van der Waals surface area contributed by atoms with E-state index >= 15 is 0 Å². The van der Waals surface area contributed by atoms with Crippen LogP contribution in [0.5, 0.6) is 0 Å². The van der Waals surface area contributed by atoms with E-state index in [1.807, 2.05) is 0 Å². The van der Waals surface area contributed by atoms with Crippen LogP contribution in [0.4, 0.5) is 0 Å². The van der Waals surface area contributed by atoms with E-state index in [0.717, 1.165) is 0 Å². The van der Waals surface area contributed by atoms with Crippen molar-refractivity contribution in [2.45, 2.75) is 38.2 Å². The molecule has 0 aliphatic rings. The van der Waals surface area contributed by atoms with Crippen LogP contribution in [0.1, 0.15) is 36.7 Å². The van der Waals surface area contributed by atoms with Crippen molar-refractivity contribution in [3.63, 3.8) is 0 Å². The van der Waals surface area contributed by atoms with E-state index in [0.29, 0.717) is 11.1 Å². The molecule has 6 nitrogen and oxygen atoms in total. The average molecular weight is 296 g/mol. The van der Waals surface area contributed by atoms with Gasteiger partial charge < -0.3 is 10.3 Å². The van der Waals surface area contributed by atoms with E-state index in [2.05, 4.69) is 4.79 Å². The third kappa shape index (κ3) is 4.01. The number of rotatable bonds is 3. The highest BCUT2D eigenvalue weighted by Gasteiger charge is 2.27. The SMILES string of the molecule is Cc1ccc(S(=O)(=O)C=[N+]=[N-])c(C(=O)OC(C)(C)C)c1. The molecule has 0 aliphatic carbocycles. The van der Waals surface area contributed by atoms with Gasteiger partial charge in [0.2, 0.25) is 0 Å². The maximum atomic E-state index is 12.1. The van der Waals surface area contributed by atoms with E-state index in [1.54, 1.807) is 33.8 Å². The minimum Gasteiger partial charge on any atom is -0.456 e. The minimum atomic E-state index is -4.00. The highest BCUT2D eigenvalue weighted by atomic mass is 32.2. The van der Waals surface area contributed by atoms with Crippen LogP contribution in [0.15, 0.2) is 23.1 Å². The van der Waals surface area contributed by atoms with Gasteiger partial charge in [-0.25, -0.2) is 13.2 Å². The molecule has 0 aromatic heterocycles. The molecule has 0 heterocycles. The Bertz CT molecular complexity index is 681. The normalized spacial score (nSPS) is 11.6. The van der Waals surface area contributed by atoms with Crippen LogP contribution in [0, 0.1) is 6.92 Å². The lowest BCUT2D eigenvalue weighted by molar-refractivity contribution is 0.00650. The zero-order valence-electron chi connectivity index (χ0n) is 11.7. The molecule has 0 N–H and O–H groups in total. The standard InChI is InChI=1S/C13H16N2O4S/c1-9-5-6-11(20(17,18)8-15-14)10(7-9)12(16)19-13(2,3)4/h5-8H,1-4H3. The van der Waals surface area contributed by atoms with Gasteiger partial charge in [0.15, 0.2) is 0 Å². The van der Waals surface area contributed by atoms with Crippen LogP contribution >= 0.6 is 0 Å². The van der Waals surface area contributed by atoms with Crippen molar-refractivity contribution in [1.82, 2.24) is 0 Å². The van der Waals surface area contributed by atoms with Gasteiger partial charge in [-0.05, 0) is 39.8 Å². The van der Waals surface area contributed by atoms with Gasteiger partial charge in [-0.1, -0.05) is 11.6 Å². The first kappa shape index (κ1) is 16.1. The Kier molecular flexibility index (Phi) is 4.47. The fourth-order valence-electron chi connectivity index (χ4n) is 1.50. The Morgan fingerprint density at radius 1 is 1.35 bits per heavy atom. The van der Waals surface area contributed by atoms with Crippen LogP contribution < -0.4 is 0 Å². The van der Waals surface area contributed by atoms with Crippen LogP contribution in [0.3, 0.4) is 0 Å². The molecule has 1 rings (SSSR count). The maximum Gasteiger partial charge on any atom is 0.374 e. The fourth-order valence-corrected chi connectivity index (χ4v) is 2.45. The Hall–Kier alpha value is -1.98. The summed E-state index contributed by atoms with van der Waals surface area (Å²) in [5, 5.41) is 0. The monoisotopic (exact) mass is 296 g/mol. The Labute approximate surface area is 117 Å². The summed E-state index contributed by atoms with van der Waals surface area (Å²) < 4.78 is 29.0. The van der Waals surface area contributed by atoms with Crippen molar-refractivity contribution in [2.24, 2.45) is 0 Å². The van der Waals surface area contributed by atoms with Gasteiger partial charge in [-0.3, -0.25) is 0 Å². The maximum absolute atomic E-state index is 12.1. The molecule has 0 unspecified atom stereocenters. The minimum absolute atomic E-state index is 0.0835. The molecule has 0 spiro atoms. The summed E-state index contributed by atoms with van der Waals surface area (Å²) in [4.78, 5) is 14.4. The van der Waals surface area contributed by atoms with Crippen molar-refractivity contribution in [3.05, 3.63) is 34.9 Å². The van der Waals surface area contributed by atoms with Crippen molar-refractivity contribution >= 4 is 21.4 Å². The number of benzene rings is 1. The summed E-state index contributed by atoms with van der Waals surface area (Å²) in [5.41, 5.74) is 8.68. The van der Waals surface area contributed by atoms with Crippen molar-refractivity contribution in [3.8, 4) is 0 Å². The second-order valence-electron chi connectivity index (χ2n) is 5.27. The number of hydrogen-bond donors (Lipinski definition) is 0. The van der Waals surface area contributed by atoms with E-state index in [-0.39, 0.29) is 10.5 Å². The molecule has 1 aromatic carbocycles. The van der Waals surface area contributed by atoms with Crippen LogP contribution in [-0.4, -0.2) is 30.3 Å². The molecule has 0 fully saturated rings. The molecule has 1 aromatic rings. The number of aryl methyl sites for hydroxylation is 1. The molecule has 7 heteroatoms. The number of carbonyl (C=O) groups is 1. The van der Waals surface area contributed by atoms with Gasteiger partial charge in [-0.2, -0.15) is 4.79 Å². The fraction of sp³-hybridized carbons (Fsp3) is 0.385. The third-order valence-electron chi connectivity index (χ3n) is 2.25. The van der Waals surface area contributed by atoms with E-state index < -0.39 is 21.4 Å². The molecular weight excluding hydrogens is 280 g/mol. The summed E-state index contributed by atoms with van der Waals surface area (Å²) in [6.45, 7) is 6.78. The zero-order valence-corrected chi connectivity index (χ0v) is 12.6. The molecule has 108 valence electrons. The first-order valence-electron chi connectivity index (χ1n) is 5.83. The molecule has 0 bridgehead atoms. The van der Waals surface area contributed by atoms with E-state index in [9.17, 15) is 13.2 Å². The second-order valence-corrected chi connectivity index (χ2v) is 7.01. The highest BCUT2D eigenvalue weighted by molar-refractivity contribution is 8.04. The number of esters is 1. The zero-order chi connectivity index (χ0) is 15.6. The molecule has 0 saturated carbocycles. The predicted octanol–water partition coefficient (Wildman–Crippen LogP) is 1.98. The smallest absolute Gasteiger partial charge is 0.374 e. The molecular formula is C13H16N2O4S. The molecule has 0 radical (unpaired) electrons.